The molecular formula is C21H24F3N3O2. The lowest BCUT2D eigenvalue weighted by atomic mass is 9.82. The van der Waals surface area contributed by atoms with Gasteiger partial charge < -0.3 is 15.1 Å². The van der Waals surface area contributed by atoms with Gasteiger partial charge in [0.05, 0.1) is 16.9 Å². The smallest absolute Gasteiger partial charge is 0.416 e. The largest absolute Gasteiger partial charge is 0.507 e. The number of aryl methyl sites for hydroxylation is 1. The Balaban J connectivity index is 1.65. The van der Waals surface area contributed by atoms with Crippen LogP contribution in [-0.2, 0) is 12.6 Å². The summed E-state index contributed by atoms with van der Waals surface area (Å²) in [6.07, 6.45) is -0.371. The second-order valence-electron chi connectivity index (χ2n) is 8.45. The van der Waals surface area contributed by atoms with Crippen LogP contribution in [0.5, 0.6) is 5.75 Å². The third-order valence-corrected chi connectivity index (χ3v) is 6.01. The average molecular weight is 407 g/mol. The van der Waals surface area contributed by atoms with E-state index in [1.807, 2.05) is 6.92 Å². The van der Waals surface area contributed by atoms with Gasteiger partial charge in [0.25, 0.3) is 0 Å². The van der Waals surface area contributed by atoms with Crippen LogP contribution in [0.3, 0.4) is 0 Å². The van der Waals surface area contributed by atoms with Crippen molar-refractivity contribution < 1.29 is 23.4 Å². The number of fused-ring (bicyclic) bond motifs is 1. The zero-order valence-electron chi connectivity index (χ0n) is 16.4. The highest BCUT2D eigenvalue weighted by molar-refractivity contribution is 5.73. The predicted octanol–water partition coefficient (Wildman–Crippen LogP) is 4.23. The van der Waals surface area contributed by atoms with Crippen molar-refractivity contribution in [1.82, 2.24) is 10.2 Å². The van der Waals surface area contributed by atoms with Crippen LogP contribution in [0, 0.1) is 6.92 Å². The Morgan fingerprint density at radius 3 is 2.62 bits per heavy atom. The lowest BCUT2D eigenvalue weighted by Gasteiger charge is -2.39. The number of nitrogens with zero attached hydrogens (tertiary/aromatic N) is 3. The number of aromatic nitrogens is 2. The van der Waals surface area contributed by atoms with Crippen molar-refractivity contribution in [3.8, 4) is 17.0 Å². The highest BCUT2D eigenvalue weighted by atomic mass is 19.4. The first-order chi connectivity index (χ1) is 13.5. The monoisotopic (exact) mass is 407 g/mol. The van der Waals surface area contributed by atoms with Gasteiger partial charge in [-0.3, -0.25) is 0 Å². The van der Waals surface area contributed by atoms with Crippen LogP contribution < -0.4 is 4.90 Å². The third-order valence-electron chi connectivity index (χ3n) is 6.01. The van der Waals surface area contributed by atoms with Crippen LogP contribution in [0.15, 0.2) is 18.2 Å². The molecule has 0 saturated heterocycles. The lowest BCUT2D eigenvalue weighted by Crippen LogP contribution is -2.44. The van der Waals surface area contributed by atoms with Gasteiger partial charge in [0.1, 0.15) is 5.75 Å². The Morgan fingerprint density at radius 2 is 1.97 bits per heavy atom. The third kappa shape index (κ3) is 3.77. The van der Waals surface area contributed by atoms with Crippen molar-refractivity contribution in [1.29, 1.82) is 0 Å². The number of halogens is 3. The number of hydrogen-bond donors (Lipinski definition) is 2. The van der Waals surface area contributed by atoms with Gasteiger partial charge >= 0.3 is 6.18 Å². The Bertz CT molecular complexity index is 920. The molecule has 0 unspecified atom stereocenters. The van der Waals surface area contributed by atoms with Crippen molar-refractivity contribution >= 4 is 5.82 Å². The second-order valence-corrected chi connectivity index (χ2v) is 8.45. The Morgan fingerprint density at radius 1 is 1.21 bits per heavy atom. The minimum Gasteiger partial charge on any atom is -0.507 e. The van der Waals surface area contributed by atoms with E-state index in [0.29, 0.717) is 17.7 Å². The summed E-state index contributed by atoms with van der Waals surface area (Å²) in [6.45, 7) is 4.16. The summed E-state index contributed by atoms with van der Waals surface area (Å²) < 4.78 is 38.9. The summed E-state index contributed by atoms with van der Waals surface area (Å²) in [4.78, 5) is 2.18. The molecule has 1 saturated carbocycles. The van der Waals surface area contributed by atoms with Crippen LogP contribution in [0.1, 0.15) is 49.3 Å². The molecule has 1 fully saturated rings. The second kappa shape index (κ2) is 6.86. The van der Waals surface area contributed by atoms with E-state index in [1.165, 1.54) is 6.92 Å². The molecule has 0 radical (unpaired) electrons. The number of alkyl halides is 3. The maximum absolute atomic E-state index is 13.0. The molecule has 0 amide bonds. The molecule has 1 aromatic carbocycles. The standard InChI is InChI=1S/C21H24F3N3O2/c1-12-8-14(21(22,23)24)10-17(28)18(12)16-9-13-5-7-27(19(13)26-25-16)15-4-3-6-20(2,29)11-15/h8-10,15,28-29H,3-7,11H2,1-2H3/t15-,20+/m1/s1. The maximum atomic E-state index is 13.0. The first kappa shape index (κ1) is 19.9. The van der Waals surface area contributed by atoms with Crippen LogP contribution >= 0.6 is 0 Å². The topological polar surface area (TPSA) is 69.5 Å². The van der Waals surface area contributed by atoms with E-state index in [-0.39, 0.29) is 11.6 Å². The predicted molar refractivity (Wildman–Crippen MR) is 103 cm³/mol. The van der Waals surface area contributed by atoms with E-state index >= 15 is 0 Å². The number of rotatable bonds is 2. The fourth-order valence-corrected chi connectivity index (χ4v) is 4.64. The van der Waals surface area contributed by atoms with Gasteiger partial charge in [-0.15, -0.1) is 10.2 Å². The molecule has 29 heavy (non-hydrogen) atoms. The van der Waals surface area contributed by atoms with Gasteiger partial charge in [0.15, 0.2) is 5.82 Å². The zero-order chi connectivity index (χ0) is 21.0. The Hall–Kier alpha value is -2.35. The number of benzene rings is 1. The molecule has 1 aromatic heterocycles. The highest BCUT2D eigenvalue weighted by Gasteiger charge is 2.37. The minimum absolute atomic E-state index is 0.196. The minimum atomic E-state index is -4.52. The Labute approximate surface area is 167 Å². The summed E-state index contributed by atoms with van der Waals surface area (Å²) in [5.74, 6) is 0.310. The molecule has 2 aromatic rings. The van der Waals surface area contributed by atoms with Gasteiger partial charge in [0, 0.05) is 23.7 Å². The summed E-state index contributed by atoms with van der Waals surface area (Å²) in [5, 5.41) is 29.2. The SMILES string of the molecule is Cc1cc(C(F)(F)F)cc(O)c1-c1cc2c(nn1)N([C@@H]1CCC[C@](C)(O)C1)CC2. The molecule has 2 heterocycles. The number of phenols is 1. The molecule has 2 aliphatic rings. The van der Waals surface area contributed by atoms with Crippen molar-refractivity contribution in [2.45, 2.75) is 63.8 Å². The molecule has 0 bridgehead atoms. The van der Waals surface area contributed by atoms with E-state index < -0.39 is 23.1 Å². The maximum Gasteiger partial charge on any atom is 0.416 e. The first-order valence-corrected chi connectivity index (χ1v) is 9.82. The summed E-state index contributed by atoms with van der Waals surface area (Å²) >= 11 is 0. The van der Waals surface area contributed by atoms with Crippen molar-refractivity contribution in [3.05, 3.63) is 34.9 Å². The summed E-state index contributed by atoms with van der Waals surface area (Å²) in [6, 6.07) is 3.74. The molecule has 2 atom stereocenters. The molecule has 8 heteroatoms. The van der Waals surface area contributed by atoms with E-state index in [9.17, 15) is 23.4 Å². The van der Waals surface area contributed by atoms with E-state index in [2.05, 4.69) is 15.1 Å². The molecule has 156 valence electrons. The quantitative estimate of drug-likeness (QED) is 0.780. The number of aromatic hydroxyl groups is 1. The molecule has 1 aliphatic carbocycles. The molecule has 0 spiro atoms. The highest BCUT2D eigenvalue weighted by Crippen LogP contribution is 2.41. The van der Waals surface area contributed by atoms with Crippen molar-refractivity contribution in [3.63, 3.8) is 0 Å². The van der Waals surface area contributed by atoms with Gasteiger partial charge in [-0.2, -0.15) is 13.2 Å². The fourth-order valence-electron chi connectivity index (χ4n) is 4.64. The fraction of sp³-hybridized carbons (Fsp3) is 0.524. The van der Waals surface area contributed by atoms with Gasteiger partial charge in [-0.25, -0.2) is 0 Å². The molecule has 5 nitrogen and oxygen atoms in total. The summed E-state index contributed by atoms with van der Waals surface area (Å²) in [7, 11) is 0. The van der Waals surface area contributed by atoms with E-state index in [1.54, 1.807) is 6.07 Å². The first-order valence-electron chi connectivity index (χ1n) is 9.82. The van der Waals surface area contributed by atoms with Crippen molar-refractivity contribution in [2.75, 3.05) is 11.4 Å². The van der Waals surface area contributed by atoms with Crippen LogP contribution in [0.25, 0.3) is 11.3 Å². The number of anilines is 1. The number of hydrogen-bond acceptors (Lipinski definition) is 5. The van der Waals surface area contributed by atoms with E-state index in [4.69, 9.17) is 0 Å². The van der Waals surface area contributed by atoms with Gasteiger partial charge in [0.2, 0.25) is 0 Å². The summed E-state index contributed by atoms with van der Waals surface area (Å²) in [5.41, 5.74) is 0.323. The molecule has 1 aliphatic heterocycles. The lowest BCUT2D eigenvalue weighted by molar-refractivity contribution is -0.137. The normalized spacial score (nSPS) is 24.6. The molecule has 4 rings (SSSR count). The number of aliphatic hydroxyl groups is 1. The average Bonchev–Trinajstić information content (AvgIpc) is 3.03. The van der Waals surface area contributed by atoms with Crippen LogP contribution in [-0.4, -0.2) is 38.6 Å². The van der Waals surface area contributed by atoms with Gasteiger partial charge in [-0.05, 0) is 69.7 Å². The van der Waals surface area contributed by atoms with Crippen LogP contribution in [0.2, 0.25) is 0 Å². The van der Waals surface area contributed by atoms with Crippen LogP contribution in [0.4, 0.5) is 19.0 Å². The number of phenolic OH excluding ortho intramolecular Hbond substituents is 1. The molecule has 2 N–H and O–H groups in total. The zero-order valence-corrected chi connectivity index (χ0v) is 16.4. The van der Waals surface area contributed by atoms with E-state index in [0.717, 1.165) is 55.7 Å². The Kier molecular flexibility index (Phi) is 4.72. The van der Waals surface area contributed by atoms with Gasteiger partial charge in [-0.1, -0.05) is 0 Å². The molecular weight excluding hydrogens is 383 g/mol. The van der Waals surface area contributed by atoms with Crippen molar-refractivity contribution in [2.24, 2.45) is 0 Å².